The van der Waals surface area contributed by atoms with Gasteiger partial charge in [-0.05, 0) is 44.5 Å². The van der Waals surface area contributed by atoms with Gasteiger partial charge >= 0.3 is 6.03 Å². The fourth-order valence-corrected chi connectivity index (χ4v) is 4.09. The van der Waals surface area contributed by atoms with Crippen LogP contribution in [0.4, 0.5) is 10.5 Å². The van der Waals surface area contributed by atoms with Crippen molar-refractivity contribution in [1.82, 2.24) is 20.1 Å². The number of nitrogens with zero attached hydrogens (tertiary/aromatic N) is 3. The van der Waals surface area contributed by atoms with E-state index in [1.165, 1.54) is 11.8 Å². The number of thioether (sulfide) groups is 1. The van der Waals surface area contributed by atoms with Gasteiger partial charge in [0.2, 0.25) is 5.91 Å². The first-order valence-corrected chi connectivity index (χ1v) is 11.2. The number of imide groups is 1. The van der Waals surface area contributed by atoms with Gasteiger partial charge in [0.15, 0.2) is 11.0 Å². The lowest BCUT2D eigenvalue weighted by Crippen LogP contribution is -2.39. The van der Waals surface area contributed by atoms with Crippen LogP contribution < -0.4 is 15.4 Å². The number of methoxy groups -OCH3 is 1. The van der Waals surface area contributed by atoms with Crippen molar-refractivity contribution in [1.29, 1.82) is 0 Å². The van der Waals surface area contributed by atoms with Crippen molar-refractivity contribution in [3.8, 4) is 17.1 Å². The third kappa shape index (κ3) is 5.81. The Morgan fingerprint density at radius 2 is 1.97 bits per heavy atom. The highest BCUT2D eigenvalue weighted by Crippen LogP contribution is 2.32. The summed E-state index contributed by atoms with van der Waals surface area (Å²) in [5.74, 6) is 0.838. The van der Waals surface area contributed by atoms with Crippen molar-refractivity contribution in [2.24, 2.45) is 0 Å². The molecule has 1 aromatic heterocycles. The maximum Gasteiger partial charge on any atom is 0.325 e. The van der Waals surface area contributed by atoms with Crippen LogP contribution >= 0.6 is 11.8 Å². The zero-order chi connectivity index (χ0) is 24.0. The monoisotopic (exact) mass is 465 g/mol. The number of carbonyl (C=O) groups excluding carboxylic acids is 2. The number of rotatable bonds is 8. The number of anilines is 1. The predicted molar refractivity (Wildman–Crippen MR) is 131 cm³/mol. The van der Waals surface area contributed by atoms with Gasteiger partial charge < -0.3 is 10.1 Å². The smallest absolute Gasteiger partial charge is 0.325 e. The van der Waals surface area contributed by atoms with Gasteiger partial charge in [-0.1, -0.05) is 47.7 Å². The number of hydrogen-bond acceptors (Lipinski definition) is 6. The molecule has 1 heterocycles. The van der Waals surface area contributed by atoms with Crippen molar-refractivity contribution >= 4 is 29.4 Å². The van der Waals surface area contributed by atoms with Crippen LogP contribution in [0.2, 0.25) is 0 Å². The lowest BCUT2D eigenvalue weighted by molar-refractivity contribution is -0.119. The molecule has 0 spiro atoms. The zero-order valence-corrected chi connectivity index (χ0v) is 19.9. The van der Waals surface area contributed by atoms with Gasteiger partial charge in [0.05, 0.1) is 17.9 Å². The number of benzene rings is 2. The first-order chi connectivity index (χ1) is 15.8. The minimum Gasteiger partial charge on any atom is -0.496 e. The van der Waals surface area contributed by atoms with Crippen molar-refractivity contribution in [2.45, 2.75) is 37.7 Å². The average molecular weight is 466 g/mol. The molecule has 3 aromatic rings. The molecule has 3 rings (SSSR count). The number of aryl methyl sites for hydroxylation is 2. The average Bonchev–Trinajstić information content (AvgIpc) is 3.17. The minimum absolute atomic E-state index is 0.436. The first kappa shape index (κ1) is 24.1. The number of para-hydroxylation sites is 1. The van der Waals surface area contributed by atoms with Crippen LogP contribution in [-0.4, -0.2) is 39.1 Å². The molecule has 0 aliphatic carbocycles. The molecule has 2 aromatic carbocycles. The van der Waals surface area contributed by atoms with Crippen LogP contribution in [0.5, 0.6) is 5.75 Å². The molecule has 1 atom stereocenters. The molecule has 0 radical (unpaired) electrons. The molecular formula is C24H27N5O3S. The number of allylic oxidation sites excluding steroid dienone is 1. The van der Waals surface area contributed by atoms with E-state index in [0.717, 1.165) is 16.7 Å². The van der Waals surface area contributed by atoms with E-state index in [2.05, 4.69) is 27.4 Å². The topological polar surface area (TPSA) is 98.1 Å². The first-order valence-electron chi connectivity index (χ1n) is 10.4. The Morgan fingerprint density at radius 1 is 1.21 bits per heavy atom. The number of nitrogens with one attached hydrogen (secondary N) is 2. The second-order valence-electron chi connectivity index (χ2n) is 7.43. The minimum atomic E-state index is -0.590. The van der Waals surface area contributed by atoms with E-state index in [0.29, 0.717) is 29.0 Å². The van der Waals surface area contributed by atoms with Crippen molar-refractivity contribution in [2.75, 3.05) is 12.4 Å². The van der Waals surface area contributed by atoms with Crippen LogP contribution in [-0.2, 0) is 11.3 Å². The van der Waals surface area contributed by atoms with E-state index < -0.39 is 17.2 Å². The lowest BCUT2D eigenvalue weighted by atomic mass is 10.1. The molecule has 3 amide bonds. The van der Waals surface area contributed by atoms with Gasteiger partial charge in [0.25, 0.3) is 0 Å². The Kier molecular flexibility index (Phi) is 7.89. The predicted octanol–water partition coefficient (Wildman–Crippen LogP) is 4.59. The molecule has 8 nitrogen and oxygen atoms in total. The summed E-state index contributed by atoms with van der Waals surface area (Å²) >= 11 is 1.21. The molecule has 0 saturated heterocycles. The highest BCUT2D eigenvalue weighted by Gasteiger charge is 2.23. The molecule has 0 bridgehead atoms. The fraction of sp³-hybridized carbons (Fsp3) is 0.250. The summed E-state index contributed by atoms with van der Waals surface area (Å²) in [6.07, 6.45) is 1.73. The third-order valence-corrected chi connectivity index (χ3v) is 5.98. The van der Waals surface area contributed by atoms with Gasteiger partial charge in [-0.15, -0.1) is 16.8 Å². The van der Waals surface area contributed by atoms with Gasteiger partial charge in [0.1, 0.15) is 5.75 Å². The van der Waals surface area contributed by atoms with Crippen LogP contribution in [0, 0.1) is 13.8 Å². The van der Waals surface area contributed by atoms with Gasteiger partial charge in [-0.25, -0.2) is 4.79 Å². The second kappa shape index (κ2) is 10.8. The number of aromatic nitrogens is 3. The number of amides is 3. The van der Waals surface area contributed by atoms with E-state index >= 15 is 0 Å². The molecule has 1 unspecified atom stereocenters. The molecule has 0 saturated carbocycles. The molecule has 9 heteroatoms. The van der Waals surface area contributed by atoms with Crippen LogP contribution in [0.15, 0.2) is 60.3 Å². The third-order valence-electron chi connectivity index (χ3n) is 4.89. The fourth-order valence-electron chi connectivity index (χ4n) is 3.23. The summed E-state index contributed by atoms with van der Waals surface area (Å²) in [6.45, 7) is 9.84. The summed E-state index contributed by atoms with van der Waals surface area (Å²) in [7, 11) is 1.60. The molecule has 0 aliphatic heterocycles. The maximum atomic E-state index is 12.6. The lowest BCUT2D eigenvalue weighted by Gasteiger charge is -2.14. The molecule has 2 N–H and O–H groups in total. The standard InChI is InChI=1S/C24H27N5O3S/c1-6-13-29-21(18-9-7-8-10-20(18)32-5)27-28-24(29)33-17(4)22(30)26-23(31)25-19-12-11-15(2)14-16(19)3/h6-12,14,17H,1,13H2,2-5H3,(H2,25,26,30,31). The maximum absolute atomic E-state index is 12.6. The van der Waals surface area contributed by atoms with E-state index in [1.807, 2.05) is 60.9 Å². The summed E-state index contributed by atoms with van der Waals surface area (Å²) in [6, 6.07) is 12.6. The summed E-state index contributed by atoms with van der Waals surface area (Å²) in [4.78, 5) is 25.0. The van der Waals surface area contributed by atoms with Gasteiger partial charge in [-0.2, -0.15) is 0 Å². The Hall–Kier alpha value is -3.59. The van der Waals surface area contributed by atoms with Crippen molar-refractivity contribution in [3.63, 3.8) is 0 Å². The number of hydrogen-bond donors (Lipinski definition) is 2. The Balaban J connectivity index is 1.72. The molecule has 0 fully saturated rings. The van der Waals surface area contributed by atoms with Crippen molar-refractivity contribution in [3.05, 3.63) is 66.2 Å². The SMILES string of the molecule is C=CCn1c(SC(C)C(=O)NC(=O)Nc2ccc(C)cc2C)nnc1-c1ccccc1OC. The molecule has 172 valence electrons. The number of urea groups is 1. The zero-order valence-electron chi connectivity index (χ0n) is 19.1. The molecule has 33 heavy (non-hydrogen) atoms. The Morgan fingerprint density at radius 3 is 2.67 bits per heavy atom. The highest BCUT2D eigenvalue weighted by atomic mass is 32.2. The van der Waals surface area contributed by atoms with Crippen LogP contribution in [0.3, 0.4) is 0 Å². The number of ether oxygens (including phenoxy) is 1. The van der Waals surface area contributed by atoms with Gasteiger partial charge in [-0.3, -0.25) is 14.7 Å². The highest BCUT2D eigenvalue weighted by molar-refractivity contribution is 8.00. The number of carbonyl (C=O) groups is 2. The van der Waals surface area contributed by atoms with E-state index in [4.69, 9.17) is 4.74 Å². The van der Waals surface area contributed by atoms with Crippen LogP contribution in [0.25, 0.3) is 11.4 Å². The Bertz CT molecular complexity index is 1170. The largest absolute Gasteiger partial charge is 0.496 e. The summed E-state index contributed by atoms with van der Waals surface area (Å²) in [5, 5.41) is 13.6. The quantitative estimate of drug-likeness (QED) is 0.373. The van der Waals surface area contributed by atoms with Crippen molar-refractivity contribution < 1.29 is 14.3 Å². The van der Waals surface area contributed by atoms with E-state index in [9.17, 15) is 9.59 Å². The summed E-state index contributed by atoms with van der Waals surface area (Å²) < 4.78 is 7.30. The Labute approximate surface area is 197 Å². The molecular weight excluding hydrogens is 438 g/mol. The molecule has 0 aliphatic rings. The van der Waals surface area contributed by atoms with E-state index in [1.54, 1.807) is 20.1 Å². The normalized spacial score (nSPS) is 11.5. The van der Waals surface area contributed by atoms with E-state index in [-0.39, 0.29) is 0 Å². The summed E-state index contributed by atoms with van der Waals surface area (Å²) in [5.41, 5.74) is 3.45. The second-order valence-corrected chi connectivity index (χ2v) is 8.74. The van der Waals surface area contributed by atoms with Crippen LogP contribution in [0.1, 0.15) is 18.1 Å². The van der Waals surface area contributed by atoms with Gasteiger partial charge in [0, 0.05) is 12.2 Å².